The van der Waals surface area contributed by atoms with Crippen molar-refractivity contribution in [1.29, 1.82) is 0 Å². The van der Waals surface area contributed by atoms with Gasteiger partial charge in [-0.1, -0.05) is 18.2 Å². The van der Waals surface area contributed by atoms with Gasteiger partial charge in [0.25, 0.3) is 0 Å². The number of rotatable bonds is 7. The highest BCUT2D eigenvalue weighted by molar-refractivity contribution is 8.00. The van der Waals surface area contributed by atoms with Crippen LogP contribution in [0.3, 0.4) is 0 Å². The lowest BCUT2D eigenvalue weighted by molar-refractivity contribution is 0.122. The van der Waals surface area contributed by atoms with Gasteiger partial charge in [-0.25, -0.2) is 23.5 Å². The van der Waals surface area contributed by atoms with Gasteiger partial charge in [0.1, 0.15) is 23.2 Å². The normalized spacial score (nSPS) is 15.9. The monoisotopic (exact) mass is 560 g/mol. The molecule has 3 aromatic carbocycles. The highest BCUT2D eigenvalue weighted by Crippen LogP contribution is 2.59. The van der Waals surface area contributed by atoms with Crippen LogP contribution in [-0.4, -0.2) is 42.4 Å². The standard InChI is InChI=1S/C30H26F2N4O3S/c31-21-16-22(32)18-25(17-21)40-30(10-11-30)26-19-27(36-12-14-38-15-13-36)35-28(34-26)20-6-8-23(9-7-20)33-29(37)39-24-4-2-1-3-5-24/h1-9,16-19H,10-15H2,(H,33,37). The number of benzene rings is 3. The van der Waals surface area contributed by atoms with Crippen LogP contribution < -0.4 is 15.0 Å². The molecule has 6 rings (SSSR count). The number of anilines is 2. The summed E-state index contributed by atoms with van der Waals surface area (Å²) in [4.78, 5) is 24.8. The van der Waals surface area contributed by atoms with Crippen molar-refractivity contribution in [2.75, 3.05) is 36.5 Å². The van der Waals surface area contributed by atoms with Crippen LogP contribution in [0.2, 0.25) is 0 Å². The number of carbonyl (C=O) groups is 1. The summed E-state index contributed by atoms with van der Waals surface area (Å²) in [5, 5.41) is 2.73. The van der Waals surface area contributed by atoms with E-state index in [9.17, 15) is 13.6 Å². The summed E-state index contributed by atoms with van der Waals surface area (Å²) in [7, 11) is 0. The molecular weight excluding hydrogens is 534 g/mol. The quantitative estimate of drug-likeness (QED) is 0.271. The van der Waals surface area contributed by atoms with Crippen molar-refractivity contribution < 1.29 is 23.0 Å². The number of amides is 1. The molecule has 1 saturated carbocycles. The van der Waals surface area contributed by atoms with Gasteiger partial charge < -0.3 is 14.4 Å². The predicted molar refractivity (Wildman–Crippen MR) is 150 cm³/mol. The van der Waals surface area contributed by atoms with E-state index in [0.29, 0.717) is 48.5 Å². The Morgan fingerprint density at radius 3 is 2.30 bits per heavy atom. The largest absolute Gasteiger partial charge is 0.417 e. The van der Waals surface area contributed by atoms with E-state index < -0.39 is 17.7 Å². The van der Waals surface area contributed by atoms with Crippen LogP contribution >= 0.6 is 11.8 Å². The maximum absolute atomic E-state index is 13.9. The molecule has 1 aliphatic heterocycles. The van der Waals surface area contributed by atoms with Crippen molar-refractivity contribution in [3.8, 4) is 17.1 Å². The minimum atomic E-state index is -0.600. The maximum Gasteiger partial charge on any atom is 0.417 e. The number of nitrogens with zero attached hydrogens (tertiary/aromatic N) is 3. The summed E-state index contributed by atoms with van der Waals surface area (Å²) in [5.41, 5.74) is 2.16. The number of hydrogen-bond acceptors (Lipinski definition) is 7. The Morgan fingerprint density at radius 2 is 1.62 bits per heavy atom. The lowest BCUT2D eigenvalue weighted by Gasteiger charge is -2.29. The number of aromatic nitrogens is 2. The summed E-state index contributed by atoms with van der Waals surface area (Å²) in [5.74, 6) is 0.573. The number of thioether (sulfide) groups is 1. The Morgan fingerprint density at radius 1 is 0.925 bits per heavy atom. The van der Waals surface area contributed by atoms with Gasteiger partial charge in [0.15, 0.2) is 5.82 Å². The van der Waals surface area contributed by atoms with Gasteiger partial charge in [-0.15, -0.1) is 11.8 Å². The zero-order valence-electron chi connectivity index (χ0n) is 21.5. The molecule has 10 heteroatoms. The molecule has 204 valence electrons. The Balaban J connectivity index is 1.27. The van der Waals surface area contributed by atoms with E-state index in [1.165, 1.54) is 23.9 Å². The molecule has 2 heterocycles. The van der Waals surface area contributed by atoms with Crippen LogP contribution in [-0.2, 0) is 9.48 Å². The van der Waals surface area contributed by atoms with Crippen LogP contribution in [0.25, 0.3) is 11.4 Å². The molecule has 2 aliphatic rings. The Hall–Kier alpha value is -4.02. The van der Waals surface area contributed by atoms with E-state index in [1.807, 2.05) is 24.3 Å². The molecule has 0 bridgehead atoms. The van der Waals surface area contributed by atoms with Crippen molar-refractivity contribution in [1.82, 2.24) is 9.97 Å². The fourth-order valence-electron chi connectivity index (χ4n) is 4.53. The minimum Gasteiger partial charge on any atom is -0.410 e. The second-order valence-corrected chi connectivity index (χ2v) is 11.1. The van der Waals surface area contributed by atoms with Gasteiger partial charge in [0, 0.05) is 41.4 Å². The van der Waals surface area contributed by atoms with E-state index in [0.717, 1.165) is 36.0 Å². The van der Waals surface area contributed by atoms with E-state index in [4.69, 9.17) is 19.4 Å². The Bertz CT molecular complexity index is 1490. The number of nitrogens with one attached hydrogen (secondary N) is 1. The first kappa shape index (κ1) is 26.2. The third kappa shape index (κ3) is 6.08. The lowest BCUT2D eigenvalue weighted by Crippen LogP contribution is -2.37. The first-order chi connectivity index (χ1) is 19.5. The van der Waals surface area contributed by atoms with Gasteiger partial charge in [0.05, 0.1) is 23.7 Å². The summed E-state index contributed by atoms with van der Waals surface area (Å²) in [6.45, 7) is 2.63. The molecule has 0 unspecified atom stereocenters. The number of para-hydroxylation sites is 1. The molecule has 0 radical (unpaired) electrons. The molecule has 1 aromatic heterocycles. The van der Waals surface area contributed by atoms with Crippen LogP contribution in [0.4, 0.5) is 25.1 Å². The zero-order chi connectivity index (χ0) is 27.5. The van der Waals surface area contributed by atoms with Crippen LogP contribution in [0.1, 0.15) is 18.5 Å². The van der Waals surface area contributed by atoms with Crippen molar-refractivity contribution in [2.45, 2.75) is 22.5 Å². The van der Waals surface area contributed by atoms with E-state index in [-0.39, 0.29) is 4.75 Å². The number of morpholine rings is 1. The lowest BCUT2D eigenvalue weighted by atomic mass is 10.1. The van der Waals surface area contributed by atoms with Crippen molar-refractivity contribution >= 4 is 29.4 Å². The van der Waals surface area contributed by atoms with Crippen molar-refractivity contribution in [2.24, 2.45) is 0 Å². The van der Waals surface area contributed by atoms with E-state index >= 15 is 0 Å². The predicted octanol–water partition coefficient (Wildman–Crippen LogP) is 6.65. The maximum atomic E-state index is 13.9. The van der Waals surface area contributed by atoms with Gasteiger partial charge in [-0.05, 0) is 61.4 Å². The molecule has 1 aliphatic carbocycles. The second kappa shape index (κ2) is 11.2. The molecule has 0 atom stereocenters. The number of hydrogen-bond donors (Lipinski definition) is 1. The highest BCUT2D eigenvalue weighted by Gasteiger charge is 2.47. The smallest absolute Gasteiger partial charge is 0.410 e. The summed E-state index contributed by atoms with van der Waals surface area (Å²) in [6, 6.07) is 21.6. The minimum absolute atomic E-state index is 0.387. The van der Waals surface area contributed by atoms with Crippen LogP contribution in [0.15, 0.2) is 83.8 Å². The van der Waals surface area contributed by atoms with Gasteiger partial charge in [0.2, 0.25) is 0 Å². The average Bonchev–Trinajstić information content (AvgIpc) is 3.74. The molecule has 1 saturated heterocycles. The Kier molecular flexibility index (Phi) is 7.36. The molecule has 0 spiro atoms. The molecule has 2 fully saturated rings. The van der Waals surface area contributed by atoms with E-state index in [2.05, 4.69) is 10.2 Å². The fraction of sp³-hybridized carbons (Fsp3) is 0.233. The molecule has 7 nitrogen and oxygen atoms in total. The van der Waals surface area contributed by atoms with E-state index in [1.54, 1.807) is 36.4 Å². The Labute approximate surface area is 234 Å². The number of carbonyl (C=O) groups excluding carboxylic acids is 1. The summed E-state index contributed by atoms with van der Waals surface area (Å²) >= 11 is 1.43. The van der Waals surface area contributed by atoms with Crippen LogP contribution in [0.5, 0.6) is 5.75 Å². The number of ether oxygens (including phenoxy) is 2. The SMILES string of the molecule is O=C(Nc1ccc(-c2nc(N3CCOCC3)cc(C3(Sc4cc(F)cc(F)c4)CC3)n2)cc1)Oc1ccccc1. The van der Waals surface area contributed by atoms with Crippen LogP contribution in [0, 0.1) is 11.6 Å². The molecule has 4 aromatic rings. The average molecular weight is 561 g/mol. The second-order valence-electron chi connectivity index (χ2n) is 9.64. The zero-order valence-corrected chi connectivity index (χ0v) is 22.3. The molecule has 40 heavy (non-hydrogen) atoms. The van der Waals surface area contributed by atoms with Crippen molar-refractivity contribution in [3.05, 3.63) is 96.2 Å². The van der Waals surface area contributed by atoms with Gasteiger partial charge in [-0.3, -0.25) is 5.32 Å². The first-order valence-electron chi connectivity index (χ1n) is 13.0. The summed E-state index contributed by atoms with van der Waals surface area (Å²) in [6.07, 6.45) is 1.08. The van der Waals surface area contributed by atoms with Gasteiger partial charge in [-0.2, -0.15) is 0 Å². The summed E-state index contributed by atoms with van der Waals surface area (Å²) < 4.78 is 38.3. The molecule has 1 amide bonds. The first-order valence-corrected chi connectivity index (χ1v) is 13.8. The third-order valence-corrected chi connectivity index (χ3v) is 8.19. The topological polar surface area (TPSA) is 76.6 Å². The third-order valence-electron chi connectivity index (χ3n) is 6.71. The molecule has 1 N–H and O–H groups in total. The highest BCUT2D eigenvalue weighted by atomic mass is 32.2. The van der Waals surface area contributed by atoms with Gasteiger partial charge >= 0.3 is 6.09 Å². The number of halogens is 2. The molecular formula is C30H26F2N4O3S. The fourth-order valence-corrected chi connectivity index (χ4v) is 5.84. The van der Waals surface area contributed by atoms with Crippen molar-refractivity contribution in [3.63, 3.8) is 0 Å².